The maximum Gasteiger partial charge on any atom is 0.429 e. The number of urea groups is 1. The number of thiophene rings is 1. The molecule has 6 rings (SSSR count). The van der Waals surface area contributed by atoms with Gasteiger partial charge in [0, 0.05) is 55.6 Å². The van der Waals surface area contributed by atoms with E-state index in [-0.39, 0.29) is 23.9 Å². The Hall–Kier alpha value is -4.58. The second-order valence-corrected chi connectivity index (χ2v) is 11.3. The molecule has 0 bridgehead atoms. The zero-order chi connectivity index (χ0) is 29.2. The summed E-state index contributed by atoms with van der Waals surface area (Å²) < 4.78 is 5.98. The van der Waals surface area contributed by atoms with Crippen LogP contribution in [0.1, 0.15) is 28.1 Å². The first-order valence-corrected chi connectivity index (χ1v) is 14.6. The number of nitrogens with two attached hydrogens (primary N) is 1. The minimum atomic E-state index is -0.293. The average Bonchev–Trinajstić information content (AvgIpc) is 3.37. The molecule has 2 aliphatic heterocycles. The number of para-hydroxylation sites is 1. The number of hydrogen-bond acceptors (Lipinski definition) is 7. The highest BCUT2D eigenvalue weighted by molar-refractivity contribution is 7.21. The maximum atomic E-state index is 13.6. The van der Waals surface area contributed by atoms with Crippen molar-refractivity contribution in [3.8, 4) is 11.5 Å². The molecule has 0 aliphatic carbocycles. The minimum absolute atomic E-state index is 0.115. The molecule has 214 valence electrons. The van der Waals surface area contributed by atoms with Gasteiger partial charge in [0.2, 0.25) is 5.91 Å². The van der Waals surface area contributed by atoms with E-state index in [1.165, 1.54) is 17.4 Å². The number of rotatable bonds is 7. The average molecular weight is 584 g/mol. The van der Waals surface area contributed by atoms with Crippen molar-refractivity contribution in [1.82, 2.24) is 15.2 Å². The molecule has 0 saturated carbocycles. The Kier molecular flexibility index (Phi) is 7.70. The highest BCUT2D eigenvalue weighted by atomic mass is 32.1. The normalized spacial score (nSPS) is 18.2. The third-order valence-electron chi connectivity index (χ3n) is 7.44. The molecule has 2 aliphatic rings. The van der Waals surface area contributed by atoms with Gasteiger partial charge in [-0.15, -0.1) is 11.3 Å². The standard InChI is InChI=1S/C31H30N6O4S/c1-19-17-22(41-21-8-3-2-4-9-21)11-12-23(19)37-24-13-15-33-30-26(24)27(35-31(37)40)28(42-30)29(39)34-20-7-6-16-36(18-20)25(38)10-5-14-32/h2-5,8-13,15,17,20H,6-7,14,16,18,32H2,1H3,(H,34,39)(H,35,40)/p+1/b10-5+/t20-/m1/s1. The van der Waals surface area contributed by atoms with E-state index >= 15 is 0 Å². The van der Waals surface area contributed by atoms with Crippen LogP contribution in [0.3, 0.4) is 0 Å². The molecule has 10 nitrogen and oxygen atoms in total. The number of quaternary nitrogens is 1. The van der Waals surface area contributed by atoms with Crippen LogP contribution in [-0.4, -0.2) is 53.4 Å². The van der Waals surface area contributed by atoms with Crippen molar-refractivity contribution < 1.29 is 24.0 Å². The van der Waals surface area contributed by atoms with E-state index in [1.54, 1.807) is 17.2 Å². The third kappa shape index (κ3) is 5.37. The summed E-state index contributed by atoms with van der Waals surface area (Å²) in [5.74, 6) is 0.995. The number of anilines is 1. The second kappa shape index (κ2) is 11.7. The van der Waals surface area contributed by atoms with E-state index < -0.39 is 0 Å². The summed E-state index contributed by atoms with van der Waals surface area (Å²) in [4.78, 5) is 47.4. The van der Waals surface area contributed by atoms with Crippen molar-refractivity contribution in [3.63, 3.8) is 0 Å². The van der Waals surface area contributed by atoms with Crippen LogP contribution >= 0.6 is 11.3 Å². The van der Waals surface area contributed by atoms with Crippen LogP contribution in [0.5, 0.6) is 11.5 Å². The quantitative estimate of drug-likeness (QED) is 0.243. The number of hydrogen-bond donors (Lipinski definition) is 4. The molecule has 1 fully saturated rings. The van der Waals surface area contributed by atoms with Crippen molar-refractivity contribution in [2.24, 2.45) is 5.73 Å². The molecule has 4 amide bonds. The van der Waals surface area contributed by atoms with Gasteiger partial charge in [-0.25, -0.2) is 9.78 Å². The fourth-order valence-corrected chi connectivity index (χ4v) is 6.53. The van der Waals surface area contributed by atoms with E-state index in [0.717, 1.165) is 40.9 Å². The van der Waals surface area contributed by atoms with Crippen molar-refractivity contribution in [2.45, 2.75) is 25.8 Å². The summed E-state index contributed by atoms with van der Waals surface area (Å²) in [5, 5.41) is 6.81. The Morgan fingerprint density at radius 2 is 2.02 bits per heavy atom. The van der Waals surface area contributed by atoms with Crippen molar-refractivity contribution in [1.29, 1.82) is 0 Å². The SMILES string of the molecule is Cc1cc(Oc2ccccc2)ccc1[NH+]1C(=O)Nc2c(C(=O)N[C@@H]3CCCN(C(=O)/C=C/CN)C3)sc3nccc1c23. The number of benzene rings is 2. The van der Waals surface area contributed by atoms with E-state index in [0.29, 0.717) is 45.7 Å². The summed E-state index contributed by atoms with van der Waals surface area (Å²) >= 11 is 1.25. The van der Waals surface area contributed by atoms with Gasteiger partial charge in [-0.2, -0.15) is 4.90 Å². The molecule has 4 aromatic rings. The number of nitrogens with one attached hydrogen (secondary N) is 3. The van der Waals surface area contributed by atoms with Crippen LogP contribution in [0.15, 0.2) is 72.9 Å². The lowest BCUT2D eigenvalue weighted by molar-refractivity contribution is -0.660. The van der Waals surface area contributed by atoms with Gasteiger partial charge in [0.05, 0.1) is 11.1 Å². The number of aromatic nitrogens is 1. The predicted molar refractivity (Wildman–Crippen MR) is 162 cm³/mol. The highest BCUT2D eigenvalue weighted by Crippen LogP contribution is 2.40. The lowest BCUT2D eigenvalue weighted by atomic mass is 10.0. The van der Waals surface area contributed by atoms with Gasteiger partial charge in [-0.1, -0.05) is 24.3 Å². The molecular formula is C31H31N6O4S+. The van der Waals surface area contributed by atoms with Gasteiger partial charge in [0.15, 0.2) is 5.69 Å². The Morgan fingerprint density at radius 1 is 1.19 bits per heavy atom. The molecule has 2 aromatic heterocycles. The first-order valence-electron chi connectivity index (χ1n) is 13.8. The molecule has 42 heavy (non-hydrogen) atoms. The van der Waals surface area contributed by atoms with Gasteiger partial charge in [0.1, 0.15) is 26.9 Å². The zero-order valence-electron chi connectivity index (χ0n) is 23.1. The Bertz CT molecular complexity index is 1700. The van der Waals surface area contributed by atoms with Crippen molar-refractivity contribution in [3.05, 3.63) is 83.4 Å². The van der Waals surface area contributed by atoms with E-state index in [4.69, 9.17) is 10.5 Å². The molecular weight excluding hydrogens is 552 g/mol. The van der Waals surface area contributed by atoms with Gasteiger partial charge in [0.25, 0.3) is 5.91 Å². The van der Waals surface area contributed by atoms with E-state index in [1.807, 2.05) is 61.5 Å². The predicted octanol–water partition coefficient (Wildman–Crippen LogP) is 4.03. The Labute approximate surface area is 246 Å². The number of piperidine rings is 1. The molecule has 0 spiro atoms. The molecule has 4 heterocycles. The monoisotopic (exact) mass is 583 g/mol. The van der Waals surface area contributed by atoms with E-state index in [9.17, 15) is 14.4 Å². The van der Waals surface area contributed by atoms with E-state index in [2.05, 4.69) is 15.6 Å². The Balaban J connectivity index is 1.26. The molecule has 1 saturated heterocycles. The van der Waals surface area contributed by atoms with Crippen LogP contribution in [0.4, 0.5) is 21.9 Å². The Morgan fingerprint density at radius 3 is 2.81 bits per heavy atom. The van der Waals surface area contributed by atoms with Gasteiger partial charge in [-0.3, -0.25) is 14.9 Å². The molecule has 1 unspecified atom stereocenters. The summed E-state index contributed by atoms with van der Waals surface area (Å²) in [7, 11) is 0. The fourth-order valence-electron chi connectivity index (χ4n) is 5.50. The van der Waals surface area contributed by atoms with Gasteiger partial charge >= 0.3 is 6.03 Å². The van der Waals surface area contributed by atoms with Crippen molar-refractivity contribution >= 4 is 56.5 Å². The highest BCUT2D eigenvalue weighted by Gasteiger charge is 2.38. The first-order chi connectivity index (χ1) is 20.4. The van der Waals surface area contributed by atoms with Crippen LogP contribution in [0.25, 0.3) is 10.2 Å². The molecule has 0 radical (unpaired) electrons. The van der Waals surface area contributed by atoms with Crippen LogP contribution in [0.2, 0.25) is 0 Å². The number of carbonyl (C=O) groups is 3. The van der Waals surface area contributed by atoms with Gasteiger partial charge in [-0.05, 0) is 44.0 Å². The topological polar surface area (TPSA) is 131 Å². The molecule has 5 N–H and O–H groups in total. The van der Waals surface area contributed by atoms with Gasteiger partial charge < -0.3 is 20.7 Å². The summed E-state index contributed by atoms with van der Waals surface area (Å²) in [6, 6.07) is 16.5. The largest absolute Gasteiger partial charge is 0.457 e. The van der Waals surface area contributed by atoms with Crippen LogP contribution in [-0.2, 0) is 4.79 Å². The van der Waals surface area contributed by atoms with Crippen molar-refractivity contribution in [2.75, 3.05) is 25.0 Å². The lowest BCUT2D eigenvalue weighted by Crippen LogP contribution is -3.07. The number of pyridine rings is 1. The second-order valence-electron chi connectivity index (χ2n) is 10.3. The third-order valence-corrected chi connectivity index (χ3v) is 8.54. The first kappa shape index (κ1) is 27.6. The summed E-state index contributed by atoms with van der Waals surface area (Å²) in [6.07, 6.45) is 6.30. The lowest BCUT2D eigenvalue weighted by Gasteiger charge is -2.32. The summed E-state index contributed by atoms with van der Waals surface area (Å²) in [6.45, 7) is 3.28. The molecule has 2 atom stereocenters. The van der Waals surface area contributed by atoms with Crippen LogP contribution < -0.4 is 26.0 Å². The number of aryl methyl sites for hydroxylation is 1. The number of nitrogens with zero attached hydrogens (tertiary/aromatic N) is 2. The number of ether oxygens (including phenoxy) is 1. The maximum absolute atomic E-state index is 13.6. The number of amides is 4. The molecule has 11 heteroatoms. The van der Waals surface area contributed by atoms with Crippen LogP contribution in [0, 0.1) is 6.92 Å². The molecule has 2 aromatic carbocycles. The summed E-state index contributed by atoms with van der Waals surface area (Å²) in [5.41, 5.74) is 8.34. The number of likely N-dealkylation sites (tertiary alicyclic amines) is 1. The number of carbonyl (C=O) groups excluding carboxylic acids is 3. The smallest absolute Gasteiger partial charge is 0.429 e. The minimum Gasteiger partial charge on any atom is -0.457 e. The zero-order valence-corrected chi connectivity index (χ0v) is 23.9. The fraction of sp³-hybridized carbons (Fsp3) is 0.226.